The van der Waals surface area contributed by atoms with Crippen molar-refractivity contribution >= 4 is 15.9 Å². The summed E-state index contributed by atoms with van der Waals surface area (Å²) in [5.74, 6) is 0.510. The fourth-order valence-corrected chi connectivity index (χ4v) is 3.72. The molecule has 0 bridgehead atoms. The molecule has 0 heterocycles. The highest BCUT2D eigenvalue weighted by Gasteiger charge is 2.23. The van der Waals surface area contributed by atoms with E-state index in [1.54, 1.807) is 7.11 Å². The summed E-state index contributed by atoms with van der Waals surface area (Å²) in [7, 11) is -1.85. The quantitative estimate of drug-likeness (QED) is 0.769. The molecular formula is C17H26N2O4S. The largest absolute Gasteiger partial charge is 0.497 e. The molecule has 6 nitrogen and oxygen atoms in total. The van der Waals surface area contributed by atoms with Gasteiger partial charge in [0.2, 0.25) is 15.9 Å². The van der Waals surface area contributed by atoms with Gasteiger partial charge in [-0.15, -0.1) is 0 Å². The van der Waals surface area contributed by atoms with Gasteiger partial charge in [0.05, 0.1) is 19.9 Å². The third-order valence-electron chi connectivity index (χ3n) is 4.29. The molecule has 0 unspecified atom stereocenters. The van der Waals surface area contributed by atoms with Crippen LogP contribution in [0.3, 0.4) is 0 Å². The van der Waals surface area contributed by atoms with Crippen molar-refractivity contribution in [2.75, 3.05) is 26.5 Å². The molecule has 1 fully saturated rings. The van der Waals surface area contributed by atoms with Crippen molar-refractivity contribution in [1.29, 1.82) is 0 Å². The lowest BCUT2D eigenvalue weighted by Gasteiger charge is -2.21. The van der Waals surface area contributed by atoms with Crippen molar-refractivity contribution in [2.45, 2.75) is 38.1 Å². The fraction of sp³-hybridized carbons (Fsp3) is 0.588. The summed E-state index contributed by atoms with van der Waals surface area (Å²) in [6, 6.07) is 7.69. The van der Waals surface area contributed by atoms with Crippen molar-refractivity contribution < 1.29 is 17.9 Å². The second-order valence-electron chi connectivity index (χ2n) is 6.25. The summed E-state index contributed by atoms with van der Waals surface area (Å²) in [6.07, 6.45) is 5.87. The Morgan fingerprint density at radius 1 is 1.33 bits per heavy atom. The number of benzene rings is 1. The molecule has 0 saturated heterocycles. The Morgan fingerprint density at radius 2 is 2.04 bits per heavy atom. The van der Waals surface area contributed by atoms with E-state index in [-0.39, 0.29) is 25.0 Å². The Balaban J connectivity index is 1.93. The zero-order chi connectivity index (χ0) is 17.6. The van der Waals surface area contributed by atoms with Crippen LogP contribution in [0.5, 0.6) is 5.75 Å². The zero-order valence-electron chi connectivity index (χ0n) is 14.3. The van der Waals surface area contributed by atoms with E-state index in [2.05, 4.69) is 5.32 Å². The SMILES string of the molecule is COc1cccc(CCN(CC(=O)NC2CCCC2)S(C)(=O)=O)c1. The maximum absolute atomic E-state index is 12.1. The van der Waals surface area contributed by atoms with Crippen LogP contribution in [0.2, 0.25) is 0 Å². The van der Waals surface area contributed by atoms with Gasteiger partial charge in [0.25, 0.3) is 0 Å². The number of methoxy groups -OCH3 is 1. The van der Waals surface area contributed by atoms with Crippen molar-refractivity contribution in [3.05, 3.63) is 29.8 Å². The molecule has 1 aromatic rings. The van der Waals surface area contributed by atoms with Gasteiger partial charge in [-0.05, 0) is 37.0 Å². The maximum Gasteiger partial charge on any atom is 0.235 e. The number of hydrogen-bond acceptors (Lipinski definition) is 4. The molecule has 0 aliphatic heterocycles. The highest BCUT2D eigenvalue weighted by atomic mass is 32.2. The van der Waals surface area contributed by atoms with E-state index in [1.165, 1.54) is 4.31 Å². The molecule has 24 heavy (non-hydrogen) atoms. The Bertz CT molecular complexity index is 654. The molecule has 7 heteroatoms. The van der Waals surface area contributed by atoms with E-state index in [9.17, 15) is 13.2 Å². The minimum atomic E-state index is -3.44. The molecule has 1 saturated carbocycles. The number of carbonyl (C=O) groups is 1. The van der Waals surface area contributed by atoms with Gasteiger partial charge in [-0.25, -0.2) is 8.42 Å². The topological polar surface area (TPSA) is 75.7 Å². The number of sulfonamides is 1. The van der Waals surface area contributed by atoms with Gasteiger partial charge in [-0.2, -0.15) is 4.31 Å². The first kappa shape index (κ1) is 18.7. The van der Waals surface area contributed by atoms with E-state index < -0.39 is 10.0 Å². The predicted octanol–water partition coefficient (Wildman–Crippen LogP) is 1.56. The number of rotatable bonds is 8. The van der Waals surface area contributed by atoms with E-state index >= 15 is 0 Å². The molecule has 1 aliphatic carbocycles. The third-order valence-corrected chi connectivity index (χ3v) is 5.54. The molecule has 1 aliphatic rings. The van der Waals surface area contributed by atoms with Crippen LogP contribution in [0.15, 0.2) is 24.3 Å². The molecule has 0 spiro atoms. The molecule has 0 aromatic heterocycles. The van der Waals surface area contributed by atoms with E-state index in [0.717, 1.165) is 43.3 Å². The minimum absolute atomic E-state index is 0.126. The van der Waals surface area contributed by atoms with Crippen molar-refractivity contribution in [2.24, 2.45) is 0 Å². The van der Waals surface area contributed by atoms with Gasteiger partial charge in [0.1, 0.15) is 5.75 Å². The van der Waals surface area contributed by atoms with Crippen molar-refractivity contribution in [1.82, 2.24) is 9.62 Å². The van der Waals surface area contributed by atoms with Crippen LogP contribution in [0.25, 0.3) is 0 Å². The molecule has 0 atom stereocenters. The molecule has 1 amide bonds. The van der Waals surface area contributed by atoms with Gasteiger partial charge in [0.15, 0.2) is 0 Å². The summed E-state index contributed by atoms with van der Waals surface area (Å²) in [6.45, 7) is 0.142. The molecule has 1 N–H and O–H groups in total. The second kappa shape index (κ2) is 8.48. The van der Waals surface area contributed by atoms with Gasteiger partial charge >= 0.3 is 0 Å². The lowest BCUT2D eigenvalue weighted by molar-refractivity contribution is -0.122. The van der Waals surface area contributed by atoms with Crippen LogP contribution in [-0.4, -0.2) is 51.1 Å². The molecular weight excluding hydrogens is 328 g/mol. The highest BCUT2D eigenvalue weighted by Crippen LogP contribution is 2.17. The average molecular weight is 354 g/mol. The van der Waals surface area contributed by atoms with Gasteiger partial charge < -0.3 is 10.1 Å². The first-order chi connectivity index (χ1) is 11.4. The smallest absolute Gasteiger partial charge is 0.235 e. The van der Waals surface area contributed by atoms with Crippen LogP contribution in [0.1, 0.15) is 31.2 Å². The molecule has 134 valence electrons. The summed E-state index contributed by atoms with van der Waals surface area (Å²) < 4.78 is 30.3. The summed E-state index contributed by atoms with van der Waals surface area (Å²) in [4.78, 5) is 12.1. The van der Waals surface area contributed by atoms with Gasteiger partial charge in [0, 0.05) is 12.6 Å². The van der Waals surface area contributed by atoms with Crippen LogP contribution in [-0.2, 0) is 21.2 Å². The van der Waals surface area contributed by atoms with Gasteiger partial charge in [-0.3, -0.25) is 4.79 Å². The monoisotopic (exact) mass is 354 g/mol. The minimum Gasteiger partial charge on any atom is -0.497 e. The number of hydrogen-bond donors (Lipinski definition) is 1. The Labute approximate surface area is 144 Å². The third kappa shape index (κ3) is 5.79. The van der Waals surface area contributed by atoms with Crippen LogP contribution in [0, 0.1) is 0 Å². The number of ether oxygens (including phenoxy) is 1. The fourth-order valence-electron chi connectivity index (χ4n) is 2.95. The highest BCUT2D eigenvalue weighted by molar-refractivity contribution is 7.88. The van der Waals surface area contributed by atoms with Crippen molar-refractivity contribution in [3.8, 4) is 5.75 Å². The summed E-state index contributed by atoms with van der Waals surface area (Å²) in [5.41, 5.74) is 0.971. The summed E-state index contributed by atoms with van der Waals surface area (Å²) >= 11 is 0. The van der Waals surface area contributed by atoms with Crippen LogP contribution in [0.4, 0.5) is 0 Å². The van der Waals surface area contributed by atoms with Gasteiger partial charge in [-0.1, -0.05) is 25.0 Å². The molecule has 0 radical (unpaired) electrons. The lowest BCUT2D eigenvalue weighted by atomic mass is 10.1. The first-order valence-electron chi connectivity index (χ1n) is 8.26. The van der Waals surface area contributed by atoms with E-state index in [1.807, 2.05) is 24.3 Å². The average Bonchev–Trinajstić information content (AvgIpc) is 3.03. The summed E-state index contributed by atoms with van der Waals surface area (Å²) in [5, 5.41) is 2.93. The second-order valence-corrected chi connectivity index (χ2v) is 8.23. The molecule has 2 rings (SSSR count). The Hall–Kier alpha value is -1.60. The first-order valence-corrected chi connectivity index (χ1v) is 10.1. The number of amides is 1. The number of carbonyl (C=O) groups excluding carboxylic acids is 1. The zero-order valence-corrected chi connectivity index (χ0v) is 15.1. The number of nitrogens with zero attached hydrogens (tertiary/aromatic N) is 1. The maximum atomic E-state index is 12.1. The Morgan fingerprint density at radius 3 is 2.67 bits per heavy atom. The Kier molecular flexibility index (Phi) is 6.62. The van der Waals surface area contributed by atoms with E-state index in [4.69, 9.17) is 4.74 Å². The standard InChI is InChI=1S/C17H26N2O4S/c1-23-16-9-5-6-14(12-16)10-11-19(24(2,21)22)13-17(20)18-15-7-3-4-8-15/h5-6,9,12,15H,3-4,7-8,10-11,13H2,1-2H3,(H,18,20). The number of nitrogens with one attached hydrogen (secondary N) is 1. The normalized spacial score (nSPS) is 15.6. The molecule has 1 aromatic carbocycles. The van der Waals surface area contributed by atoms with Crippen LogP contribution < -0.4 is 10.1 Å². The van der Waals surface area contributed by atoms with E-state index in [0.29, 0.717) is 6.42 Å². The lowest BCUT2D eigenvalue weighted by Crippen LogP contribution is -2.43. The van der Waals surface area contributed by atoms with Crippen molar-refractivity contribution in [3.63, 3.8) is 0 Å². The predicted molar refractivity (Wildman–Crippen MR) is 93.5 cm³/mol. The van der Waals surface area contributed by atoms with Crippen LogP contribution >= 0.6 is 0 Å².